The van der Waals surface area contributed by atoms with Gasteiger partial charge in [-0.25, -0.2) is 0 Å². The maximum atomic E-state index is 13.6. The minimum absolute atomic E-state index is 0.00102. The number of nitrogens with one attached hydrogen (secondary N) is 1. The molecule has 11 heteroatoms. The minimum Gasteiger partial charge on any atom is -0.507 e. The zero-order chi connectivity index (χ0) is 30.1. The number of benzene rings is 3. The van der Waals surface area contributed by atoms with Crippen LogP contribution in [0.3, 0.4) is 0 Å². The van der Waals surface area contributed by atoms with Gasteiger partial charge in [-0.15, -0.1) is 0 Å². The summed E-state index contributed by atoms with van der Waals surface area (Å²) in [5.74, 6) is -3.28. The lowest BCUT2D eigenvalue weighted by atomic mass is 10.0. The summed E-state index contributed by atoms with van der Waals surface area (Å²) < 4.78 is 18.9. The van der Waals surface area contributed by atoms with Crippen LogP contribution >= 0.6 is 7.37 Å². The first kappa shape index (κ1) is 30.7. The van der Waals surface area contributed by atoms with E-state index >= 15 is 0 Å². The van der Waals surface area contributed by atoms with Crippen LogP contribution in [-0.4, -0.2) is 45.0 Å². The fourth-order valence-corrected chi connectivity index (χ4v) is 6.41. The van der Waals surface area contributed by atoms with Crippen LogP contribution in [-0.2, 0) is 33.4 Å². The van der Waals surface area contributed by atoms with Gasteiger partial charge >= 0.3 is 0 Å². The average molecular weight is 591 g/mol. The lowest BCUT2D eigenvalue weighted by Crippen LogP contribution is -2.49. The first-order valence-electron chi connectivity index (χ1n) is 13.6. The van der Waals surface area contributed by atoms with Gasteiger partial charge in [-0.1, -0.05) is 78.0 Å². The summed E-state index contributed by atoms with van der Waals surface area (Å²) in [6.45, 7) is 0. The molecule has 0 aliphatic heterocycles. The van der Waals surface area contributed by atoms with E-state index in [1.807, 2.05) is 60.7 Å². The van der Waals surface area contributed by atoms with Crippen molar-refractivity contribution >= 4 is 19.2 Å². The number of phenols is 1. The molecule has 0 radical (unpaired) electrons. The Morgan fingerprint density at radius 1 is 0.929 bits per heavy atom. The first-order chi connectivity index (χ1) is 20.1. The van der Waals surface area contributed by atoms with Crippen LogP contribution in [0.1, 0.15) is 23.3 Å². The fourth-order valence-electron chi connectivity index (χ4n) is 4.68. The van der Waals surface area contributed by atoms with Crippen molar-refractivity contribution in [2.24, 2.45) is 17.4 Å². The number of nitrogens with zero attached hydrogens (tertiary/aromatic N) is 1. The molecule has 0 bridgehead atoms. The molecule has 0 saturated heterocycles. The largest absolute Gasteiger partial charge is 0.507 e. The number of phenolic OH excluding ortho intramolecular Hbond substituents is 1. The Balaban J connectivity index is 1.54. The van der Waals surface area contributed by atoms with Gasteiger partial charge in [0.15, 0.2) is 0 Å². The molecule has 10 nitrogen and oxygen atoms in total. The van der Waals surface area contributed by atoms with Gasteiger partial charge in [-0.05, 0) is 36.1 Å². The summed E-state index contributed by atoms with van der Waals surface area (Å²) >= 11 is 0. The topological polar surface area (TPSA) is 182 Å². The second kappa shape index (κ2) is 14.1. The van der Waals surface area contributed by atoms with E-state index in [0.29, 0.717) is 17.7 Å². The SMILES string of the molecule is NC(=O)[C@H](Cc1ccccc1)NC(=O)[C@H](Cc1cc(-c2ccccc2O)no1)CP(=O)(O)[C@@H](N)CCc1ccccc1. The summed E-state index contributed by atoms with van der Waals surface area (Å²) in [6.07, 6.45) is 0.346. The van der Waals surface area contributed by atoms with Gasteiger partial charge in [-0.2, -0.15) is 0 Å². The molecule has 0 saturated carbocycles. The van der Waals surface area contributed by atoms with E-state index in [-0.39, 0.29) is 30.8 Å². The maximum absolute atomic E-state index is 13.6. The normalized spacial score (nSPS) is 14.8. The molecule has 1 heterocycles. The molecule has 4 aromatic rings. The van der Waals surface area contributed by atoms with E-state index in [9.17, 15) is 24.2 Å². The number of hydrogen-bond donors (Lipinski definition) is 5. The van der Waals surface area contributed by atoms with Gasteiger partial charge in [0.2, 0.25) is 19.2 Å². The molecule has 2 amide bonds. The number of amides is 2. The number of aryl methyl sites for hydroxylation is 1. The van der Waals surface area contributed by atoms with E-state index in [1.54, 1.807) is 24.3 Å². The molecule has 220 valence electrons. The molecule has 3 aromatic carbocycles. The monoisotopic (exact) mass is 590 g/mol. The third kappa shape index (κ3) is 8.39. The molecule has 1 aromatic heterocycles. The summed E-state index contributed by atoms with van der Waals surface area (Å²) in [5, 5.41) is 16.9. The van der Waals surface area contributed by atoms with Crippen LogP contribution in [0.15, 0.2) is 95.5 Å². The second-order valence-electron chi connectivity index (χ2n) is 10.3. The Morgan fingerprint density at radius 3 is 2.19 bits per heavy atom. The highest BCUT2D eigenvalue weighted by atomic mass is 31.2. The van der Waals surface area contributed by atoms with Crippen LogP contribution < -0.4 is 16.8 Å². The Kier molecular flexibility index (Phi) is 10.3. The molecule has 42 heavy (non-hydrogen) atoms. The molecule has 4 rings (SSSR count). The summed E-state index contributed by atoms with van der Waals surface area (Å²) in [4.78, 5) is 36.9. The molecule has 0 fully saturated rings. The zero-order valence-corrected chi connectivity index (χ0v) is 23.9. The Hall–Kier alpha value is -4.24. The average Bonchev–Trinajstić information content (AvgIpc) is 3.44. The standard InChI is InChI=1S/C31H35N4O6P/c32-29(16-15-21-9-3-1-4-10-21)42(39,40)20-23(18-24-19-26(35-41-24)25-13-7-8-14-28(25)36)31(38)34-27(30(33)37)17-22-11-5-2-6-12-22/h1-14,19,23,27,29,36H,15-18,20,32H2,(H2,33,37)(H,34,38)(H,39,40)/t23-,27+,29-/m1/s1. The van der Waals surface area contributed by atoms with Gasteiger partial charge in [0.25, 0.3) is 0 Å². The first-order valence-corrected chi connectivity index (χ1v) is 15.5. The van der Waals surface area contributed by atoms with Gasteiger partial charge in [0.05, 0.1) is 11.7 Å². The van der Waals surface area contributed by atoms with E-state index in [1.165, 1.54) is 6.07 Å². The van der Waals surface area contributed by atoms with Crippen molar-refractivity contribution in [1.29, 1.82) is 0 Å². The highest BCUT2D eigenvalue weighted by Gasteiger charge is 2.36. The summed E-state index contributed by atoms with van der Waals surface area (Å²) in [6, 6.07) is 25.6. The third-order valence-corrected chi connectivity index (χ3v) is 9.33. The van der Waals surface area contributed by atoms with E-state index in [2.05, 4.69) is 10.5 Å². The number of nitrogens with two attached hydrogens (primary N) is 2. The van der Waals surface area contributed by atoms with Gasteiger partial charge in [0.1, 0.15) is 23.2 Å². The number of primary amides is 1. The number of para-hydroxylation sites is 1. The van der Waals surface area contributed by atoms with Crippen LogP contribution in [0.4, 0.5) is 0 Å². The molecular weight excluding hydrogens is 555 g/mol. The van der Waals surface area contributed by atoms with Crippen molar-refractivity contribution in [3.8, 4) is 17.0 Å². The van der Waals surface area contributed by atoms with Gasteiger partial charge < -0.3 is 31.3 Å². The van der Waals surface area contributed by atoms with Crippen LogP contribution in [0.5, 0.6) is 5.75 Å². The lowest BCUT2D eigenvalue weighted by Gasteiger charge is -2.25. The van der Waals surface area contributed by atoms with Crippen LogP contribution in [0, 0.1) is 5.92 Å². The minimum atomic E-state index is -4.06. The van der Waals surface area contributed by atoms with Crippen LogP contribution in [0.25, 0.3) is 11.3 Å². The fraction of sp³-hybridized carbons (Fsp3) is 0.258. The van der Waals surface area contributed by atoms with Crippen molar-refractivity contribution in [2.45, 2.75) is 37.5 Å². The number of aromatic hydroxyl groups is 1. The molecule has 0 aliphatic carbocycles. The highest BCUT2D eigenvalue weighted by molar-refractivity contribution is 7.58. The van der Waals surface area contributed by atoms with Crippen molar-refractivity contribution < 1.29 is 28.7 Å². The third-order valence-electron chi connectivity index (χ3n) is 7.07. The number of aromatic nitrogens is 1. The predicted octanol–water partition coefficient (Wildman–Crippen LogP) is 3.61. The Morgan fingerprint density at radius 2 is 1.55 bits per heavy atom. The van der Waals surface area contributed by atoms with Gasteiger partial charge in [0, 0.05) is 30.6 Å². The number of carbonyl (C=O) groups is 2. The highest BCUT2D eigenvalue weighted by Crippen LogP contribution is 2.48. The van der Waals surface area contributed by atoms with E-state index in [0.717, 1.165) is 11.1 Å². The van der Waals surface area contributed by atoms with Gasteiger partial charge in [-0.3, -0.25) is 14.2 Å². The molecular formula is C31H35N4O6P. The number of rotatable bonds is 14. The Bertz CT molecular complexity index is 1530. The second-order valence-corrected chi connectivity index (χ2v) is 12.8. The lowest BCUT2D eigenvalue weighted by molar-refractivity contribution is -0.129. The van der Waals surface area contributed by atoms with Crippen LogP contribution in [0.2, 0.25) is 0 Å². The summed E-state index contributed by atoms with van der Waals surface area (Å²) in [7, 11) is -4.06. The quantitative estimate of drug-likeness (QED) is 0.138. The Labute approximate surface area is 244 Å². The predicted molar refractivity (Wildman–Crippen MR) is 159 cm³/mol. The van der Waals surface area contributed by atoms with Crippen molar-refractivity contribution in [3.63, 3.8) is 0 Å². The molecule has 7 N–H and O–H groups in total. The van der Waals surface area contributed by atoms with E-state index < -0.39 is 43.1 Å². The number of carbonyl (C=O) groups excluding carboxylic acids is 2. The molecule has 4 atom stereocenters. The number of hydrogen-bond acceptors (Lipinski definition) is 7. The van der Waals surface area contributed by atoms with Crippen molar-refractivity contribution in [1.82, 2.24) is 10.5 Å². The molecule has 0 aliphatic rings. The van der Waals surface area contributed by atoms with Crippen molar-refractivity contribution in [3.05, 3.63) is 108 Å². The maximum Gasteiger partial charge on any atom is 0.240 e. The van der Waals surface area contributed by atoms with E-state index in [4.69, 9.17) is 16.0 Å². The van der Waals surface area contributed by atoms with Crippen molar-refractivity contribution in [2.75, 3.05) is 6.16 Å². The molecule has 1 unspecified atom stereocenters. The molecule has 0 spiro atoms. The summed E-state index contributed by atoms with van der Waals surface area (Å²) in [5.41, 5.74) is 14.4. The zero-order valence-electron chi connectivity index (χ0n) is 23.0. The smallest absolute Gasteiger partial charge is 0.240 e.